The quantitative estimate of drug-likeness (QED) is 0.918. The fourth-order valence-corrected chi connectivity index (χ4v) is 2.62. The van der Waals surface area contributed by atoms with E-state index >= 15 is 0 Å². The summed E-state index contributed by atoms with van der Waals surface area (Å²) in [6.45, 7) is 7.52. The average Bonchev–Trinajstić information content (AvgIpc) is 3.06. The number of hydrogen-bond donors (Lipinski definition) is 1. The third-order valence-corrected chi connectivity index (χ3v) is 3.94. The van der Waals surface area contributed by atoms with E-state index in [0.717, 1.165) is 36.1 Å². The minimum atomic E-state index is -0.115. The number of nitrogens with zero attached hydrogens (tertiary/aromatic N) is 4. The Morgan fingerprint density at radius 3 is 2.81 bits per heavy atom. The smallest absolute Gasteiger partial charge is 0.259 e. The van der Waals surface area contributed by atoms with Gasteiger partial charge in [-0.3, -0.25) is 14.2 Å². The molecule has 2 heterocycles. The van der Waals surface area contributed by atoms with Crippen molar-refractivity contribution in [1.29, 1.82) is 0 Å². The van der Waals surface area contributed by atoms with Gasteiger partial charge in [-0.15, -0.1) is 0 Å². The second-order valence-corrected chi connectivity index (χ2v) is 5.71. The van der Waals surface area contributed by atoms with Crippen molar-refractivity contribution in [2.75, 3.05) is 5.32 Å². The van der Waals surface area contributed by atoms with Crippen molar-refractivity contribution in [3.8, 4) is 0 Å². The van der Waals surface area contributed by atoms with Gasteiger partial charge in [0.05, 0.1) is 23.1 Å². The number of carbonyl (C=O) groups is 1. The Balaban J connectivity index is 1.73. The minimum absolute atomic E-state index is 0.115. The maximum Gasteiger partial charge on any atom is 0.259 e. The minimum Gasteiger partial charge on any atom is -0.319 e. The molecular weight excluding hydrogens is 266 g/mol. The third kappa shape index (κ3) is 2.84. The van der Waals surface area contributed by atoms with Gasteiger partial charge in [-0.25, -0.2) is 0 Å². The van der Waals surface area contributed by atoms with Gasteiger partial charge >= 0.3 is 0 Å². The van der Waals surface area contributed by atoms with Gasteiger partial charge in [0.2, 0.25) is 0 Å². The number of amides is 1. The first-order valence-corrected chi connectivity index (χ1v) is 7.46. The molecule has 1 fully saturated rings. The van der Waals surface area contributed by atoms with Gasteiger partial charge in [-0.2, -0.15) is 10.2 Å². The molecule has 1 saturated carbocycles. The SMILES string of the molecule is CCn1nc(C)c(C(=O)Nc2cnn(CC3CC3)c2)c1C. The normalized spacial score (nSPS) is 14.4. The van der Waals surface area contributed by atoms with Gasteiger partial charge in [-0.05, 0) is 39.5 Å². The van der Waals surface area contributed by atoms with Crippen LogP contribution in [0.1, 0.15) is 41.5 Å². The van der Waals surface area contributed by atoms with Gasteiger partial charge in [0.1, 0.15) is 0 Å². The summed E-state index contributed by atoms with van der Waals surface area (Å²) in [5.74, 6) is 0.649. The first-order chi connectivity index (χ1) is 10.1. The zero-order chi connectivity index (χ0) is 15.0. The summed E-state index contributed by atoms with van der Waals surface area (Å²) in [7, 11) is 0. The highest BCUT2D eigenvalue weighted by Gasteiger charge is 2.22. The highest BCUT2D eigenvalue weighted by molar-refractivity contribution is 6.05. The van der Waals surface area contributed by atoms with Crippen LogP contribution in [0.15, 0.2) is 12.4 Å². The monoisotopic (exact) mass is 287 g/mol. The van der Waals surface area contributed by atoms with Gasteiger partial charge in [0.25, 0.3) is 5.91 Å². The Bertz CT molecular complexity index is 666. The number of hydrogen-bond acceptors (Lipinski definition) is 3. The fourth-order valence-electron chi connectivity index (χ4n) is 2.62. The molecule has 1 aliphatic rings. The molecule has 0 unspecified atom stereocenters. The van der Waals surface area contributed by atoms with Crippen molar-refractivity contribution >= 4 is 11.6 Å². The van der Waals surface area contributed by atoms with Gasteiger partial charge in [0.15, 0.2) is 0 Å². The lowest BCUT2D eigenvalue weighted by atomic mass is 10.2. The summed E-state index contributed by atoms with van der Waals surface area (Å²) in [6, 6.07) is 0. The molecule has 0 bridgehead atoms. The van der Waals surface area contributed by atoms with Crippen LogP contribution in [0.25, 0.3) is 0 Å². The Labute approximate surface area is 124 Å². The number of aryl methyl sites for hydroxylation is 2. The number of aromatic nitrogens is 4. The van der Waals surface area contributed by atoms with Gasteiger partial charge in [0, 0.05) is 25.0 Å². The molecule has 0 radical (unpaired) electrons. The summed E-state index contributed by atoms with van der Waals surface area (Å²) in [6.07, 6.45) is 6.17. The largest absolute Gasteiger partial charge is 0.319 e. The maximum absolute atomic E-state index is 12.4. The number of rotatable bonds is 5. The van der Waals surface area contributed by atoms with E-state index in [-0.39, 0.29) is 5.91 Å². The molecule has 0 spiro atoms. The molecule has 21 heavy (non-hydrogen) atoms. The van der Waals surface area contributed by atoms with Crippen molar-refractivity contribution in [3.05, 3.63) is 29.3 Å². The number of anilines is 1. The fraction of sp³-hybridized carbons (Fsp3) is 0.533. The Kier molecular flexibility index (Phi) is 3.53. The molecule has 0 atom stereocenters. The highest BCUT2D eigenvalue weighted by atomic mass is 16.1. The lowest BCUT2D eigenvalue weighted by molar-refractivity contribution is 0.102. The van der Waals surface area contributed by atoms with E-state index in [0.29, 0.717) is 5.56 Å². The summed E-state index contributed by atoms with van der Waals surface area (Å²) in [5.41, 5.74) is 3.06. The van der Waals surface area contributed by atoms with Crippen LogP contribution in [-0.2, 0) is 13.1 Å². The van der Waals surface area contributed by atoms with Crippen LogP contribution in [0.3, 0.4) is 0 Å². The standard InChI is InChI=1S/C15H21N5O/c1-4-20-11(3)14(10(2)18-20)15(21)17-13-7-16-19(9-13)8-12-5-6-12/h7,9,12H,4-6,8H2,1-3H3,(H,17,21). The van der Waals surface area contributed by atoms with E-state index in [4.69, 9.17) is 0 Å². The Morgan fingerprint density at radius 1 is 1.43 bits per heavy atom. The van der Waals surface area contributed by atoms with E-state index in [1.54, 1.807) is 6.20 Å². The van der Waals surface area contributed by atoms with Gasteiger partial charge in [-0.1, -0.05) is 0 Å². The van der Waals surface area contributed by atoms with E-state index in [1.165, 1.54) is 12.8 Å². The second kappa shape index (κ2) is 5.35. The van der Waals surface area contributed by atoms with E-state index in [9.17, 15) is 4.79 Å². The molecule has 0 aromatic carbocycles. The molecule has 1 N–H and O–H groups in total. The highest BCUT2D eigenvalue weighted by Crippen LogP contribution is 2.30. The van der Waals surface area contributed by atoms with Crippen LogP contribution in [0.4, 0.5) is 5.69 Å². The molecule has 6 heteroatoms. The molecule has 1 aliphatic carbocycles. The lowest BCUT2D eigenvalue weighted by Crippen LogP contribution is -2.14. The predicted octanol–water partition coefficient (Wildman–Crippen LogP) is 2.38. The zero-order valence-electron chi connectivity index (χ0n) is 12.8. The predicted molar refractivity (Wildman–Crippen MR) is 80.3 cm³/mol. The third-order valence-electron chi connectivity index (χ3n) is 3.94. The summed E-state index contributed by atoms with van der Waals surface area (Å²) >= 11 is 0. The number of nitrogens with one attached hydrogen (secondary N) is 1. The number of carbonyl (C=O) groups excluding carboxylic acids is 1. The molecular formula is C15H21N5O. The van der Waals surface area contributed by atoms with Crippen LogP contribution < -0.4 is 5.32 Å². The molecule has 0 saturated heterocycles. The van der Waals surface area contributed by atoms with Crippen LogP contribution in [0.5, 0.6) is 0 Å². The molecule has 6 nitrogen and oxygen atoms in total. The van der Waals surface area contributed by atoms with Crippen molar-refractivity contribution in [3.63, 3.8) is 0 Å². The van der Waals surface area contributed by atoms with Crippen LogP contribution in [0.2, 0.25) is 0 Å². The molecule has 0 aliphatic heterocycles. The molecule has 3 rings (SSSR count). The summed E-state index contributed by atoms with van der Waals surface area (Å²) in [4.78, 5) is 12.4. The van der Waals surface area contributed by atoms with Crippen molar-refractivity contribution in [1.82, 2.24) is 19.6 Å². The van der Waals surface area contributed by atoms with Gasteiger partial charge < -0.3 is 5.32 Å². The van der Waals surface area contributed by atoms with Crippen molar-refractivity contribution in [2.45, 2.75) is 46.7 Å². The van der Waals surface area contributed by atoms with E-state index in [2.05, 4.69) is 15.5 Å². The Hall–Kier alpha value is -2.11. The molecule has 112 valence electrons. The molecule has 1 amide bonds. The first kappa shape index (κ1) is 13.9. The average molecular weight is 287 g/mol. The van der Waals surface area contributed by atoms with E-state index in [1.807, 2.05) is 36.3 Å². The topological polar surface area (TPSA) is 64.7 Å². The second-order valence-electron chi connectivity index (χ2n) is 5.71. The maximum atomic E-state index is 12.4. The summed E-state index contributed by atoms with van der Waals surface area (Å²) in [5, 5.41) is 11.6. The zero-order valence-corrected chi connectivity index (χ0v) is 12.8. The summed E-state index contributed by atoms with van der Waals surface area (Å²) < 4.78 is 3.75. The van der Waals surface area contributed by atoms with Crippen LogP contribution in [0, 0.1) is 19.8 Å². The lowest BCUT2D eigenvalue weighted by Gasteiger charge is -2.03. The van der Waals surface area contributed by atoms with Crippen molar-refractivity contribution in [2.24, 2.45) is 5.92 Å². The molecule has 2 aromatic heterocycles. The first-order valence-electron chi connectivity index (χ1n) is 7.46. The molecule has 2 aromatic rings. The Morgan fingerprint density at radius 2 is 2.19 bits per heavy atom. The van der Waals surface area contributed by atoms with Crippen LogP contribution >= 0.6 is 0 Å². The van der Waals surface area contributed by atoms with Crippen LogP contribution in [-0.4, -0.2) is 25.5 Å². The van der Waals surface area contributed by atoms with Crippen molar-refractivity contribution < 1.29 is 4.79 Å². The van der Waals surface area contributed by atoms with E-state index < -0.39 is 0 Å².